The maximum Gasteiger partial charge on any atom is 0.323 e. The molecule has 0 heterocycles. The third-order valence-electron chi connectivity index (χ3n) is 2.81. The summed E-state index contributed by atoms with van der Waals surface area (Å²) in [4.78, 5) is 10.9. The first-order valence-corrected chi connectivity index (χ1v) is 5.21. The van der Waals surface area contributed by atoms with E-state index in [0.29, 0.717) is 26.1 Å². The molecule has 0 aromatic rings. The van der Waals surface area contributed by atoms with Gasteiger partial charge in [0.25, 0.3) is 0 Å². The first-order valence-electron chi connectivity index (χ1n) is 5.21. The van der Waals surface area contributed by atoms with E-state index in [-0.39, 0.29) is 6.10 Å². The number of aliphatic carboxylic acids is 1. The van der Waals surface area contributed by atoms with Crippen LogP contribution in [-0.2, 0) is 14.3 Å². The standard InChI is InChI=1S/C10H19NO4/c1-14-5-6-15-8-3-2-4-10(11,7-8)9(12)13/h8H,2-7,11H2,1H3,(H,12,13). The molecule has 15 heavy (non-hydrogen) atoms. The lowest BCUT2D eigenvalue weighted by molar-refractivity contribution is -0.147. The van der Waals surface area contributed by atoms with Gasteiger partial charge < -0.3 is 20.3 Å². The van der Waals surface area contributed by atoms with Crippen molar-refractivity contribution in [3.63, 3.8) is 0 Å². The molecule has 2 atom stereocenters. The number of ether oxygens (including phenoxy) is 2. The molecule has 0 aromatic carbocycles. The van der Waals surface area contributed by atoms with Crippen LogP contribution in [0.1, 0.15) is 25.7 Å². The predicted molar refractivity (Wildman–Crippen MR) is 54.6 cm³/mol. The lowest BCUT2D eigenvalue weighted by Crippen LogP contribution is -2.52. The van der Waals surface area contributed by atoms with E-state index in [1.165, 1.54) is 0 Å². The number of nitrogens with two attached hydrogens (primary N) is 1. The van der Waals surface area contributed by atoms with Gasteiger partial charge in [0.1, 0.15) is 5.54 Å². The SMILES string of the molecule is COCCOC1CCCC(N)(C(=O)O)C1. The summed E-state index contributed by atoms with van der Waals surface area (Å²) in [5.74, 6) is -0.928. The van der Waals surface area contributed by atoms with Crippen LogP contribution in [0.3, 0.4) is 0 Å². The Hall–Kier alpha value is -0.650. The zero-order valence-corrected chi connectivity index (χ0v) is 9.07. The van der Waals surface area contributed by atoms with Gasteiger partial charge in [-0.2, -0.15) is 0 Å². The molecule has 88 valence electrons. The number of methoxy groups -OCH3 is 1. The van der Waals surface area contributed by atoms with Crippen LogP contribution < -0.4 is 5.73 Å². The summed E-state index contributed by atoms with van der Waals surface area (Å²) < 4.78 is 10.4. The van der Waals surface area contributed by atoms with Crippen molar-refractivity contribution in [1.29, 1.82) is 0 Å². The maximum atomic E-state index is 10.9. The Balaban J connectivity index is 2.38. The first-order chi connectivity index (χ1) is 7.08. The van der Waals surface area contributed by atoms with Crippen LogP contribution >= 0.6 is 0 Å². The van der Waals surface area contributed by atoms with Crippen molar-refractivity contribution in [2.45, 2.75) is 37.3 Å². The summed E-state index contributed by atoms with van der Waals surface area (Å²) in [6, 6.07) is 0. The Morgan fingerprint density at radius 2 is 2.33 bits per heavy atom. The number of hydrogen-bond donors (Lipinski definition) is 2. The van der Waals surface area contributed by atoms with Crippen molar-refractivity contribution >= 4 is 5.97 Å². The van der Waals surface area contributed by atoms with Gasteiger partial charge in [-0.15, -0.1) is 0 Å². The van der Waals surface area contributed by atoms with Crippen LogP contribution in [0.4, 0.5) is 0 Å². The van der Waals surface area contributed by atoms with Crippen LogP contribution in [0.25, 0.3) is 0 Å². The van der Waals surface area contributed by atoms with Gasteiger partial charge in [0.2, 0.25) is 0 Å². The fourth-order valence-corrected chi connectivity index (χ4v) is 1.89. The molecule has 0 radical (unpaired) electrons. The molecule has 0 aromatic heterocycles. The summed E-state index contributed by atoms with van der Waals surface area (Å²) >= 11 is 0. The second kappa shape index (κ2) is 5.44. The van der Waals surface area contributed by atoms with Crippen LogP contribution in [0, 0.1) is 0 Å². The van der Waals surface area contributed by atoms with E-state index >= 15 is 0 Å². The molecule has 2 unspecified atom stereocenters. The topological polar surface area (TPSA) is 81.8 Å². The van der Waals surface area contributed by atoms with E-state index in [2.05, 4.69) is 0 Å². The van der Waals surface area contributed by atoms with Gasteiger partial charge in [-0.05, 0) is 19.3 Å². The highest BCUT2D eigenvalue weighted by Gasteiger charge is 2.39. The van der Waals surface area contributed by atoms with E-state index in [4.69, 9.17) is 20.3 Å². The van der Waals surface area contributed by atoms with E-state index in [1.807, 2.05) is 0 Å². The Bertz CT molecular complexity index is 221. The number of rotatable bonds is 5. The third-order valence-corrected chi connectivity index (χ3v) is 2.81. The maximum absolute atomic E-state index is 10.9. The molecule has 5 heteroatoms. The van der Waals surface area contributed by atoms with Crippen molar-refractivity contribution < 1.29 is 19.4 Å². The van der Waals surface area contributed by atoms with Crippen molar-refractivity contribution in [2.75, 3.05) is 20.3 Å². The average molecular weight is 217 g/mol. The smallest absolute Gasteiger partial charge is 0.323 e. The van der Waals surface area contributed by atoms with Gasteiger partial charge in [-0.3, -0.25) is 4.79 Å². The quantitative estimate of drug-likeness (QED) is 0.650. The van der Waals surface area contributed by atoms with Crippen LogP contribution in [0.2, 0.25) is 0 Å². The largest absolute Gasteiger partial charge is 0.480 e. The molecule has 0 saturated heterocycles. The van der Waals surface area contributed by atoms with Crippen LogP contribution in [-0.4, -0.2) is 43.0 Å². The van der Waals surface area contributed by atoms with Crippen molar-refractivity contribution in [3.05, 3.63) is 0 Å². The van der Waals surface area contributed by atoms with E-state index < -0.39 is 11.5 Å². The van der Waals surface area contributed by atoms with Gasteiger partial charge in [0.05, 0.1) is 19.3 Å². The second-order valence-corrected chi connectivity index (χ2v) is 4.04. The number of carboxylic acids is 1. The van der Waals surface area contributed by atoms with Gasteiger partial charge in [-0.25, -0.2) is 0 Å². The minimum absolute atomic E-state index is 0.0463. The second-order valence-electron chi connectivity index (χ2n) is 4.04. The molecule has 0 aliphatic heterocycles. The molecule has 1 saturated carbocycles. The molecule has 1 rings (SSSR count). The van der Waals surface area contributed by atoms with Crippen molar-refractivity contribution in [2.24, 2.45) is 5.73 Å². The predicted octanol–water partition coefficient (Wildman–Crippen LogP) is 0.374. The molecule has 1 aliphatic carbocycles. The fraction of sp³-hybridized carbons (Fsp3) is 0.900. The highest BCUT2D eigenvalue weighted by molar-refractivity contribution is 5.78. The summed E-state index contributed by atoms with van der Waals surface area (Å²) in [5, 5.41) is 8.98. The highest BCUT2D eigenvalue weighted by atomic mass is 16.5. The Kier molecular flexibility index (Phi) is 4.50. The molecule has 0 amide bonds. The van der Waals surface area contributed by atoms with E-state index in [9.17, 15) is 4.79 Å². The number of carbonyl (C=O) groups is 1. The number of carboxylic acid groups (broad SMARTS) is 1. The molecular formula is C10H19NO4. The third kappa shape index (κ3) is 3.44. The van der Waals surface area contributed by atoms with Gasteiger partial charge in [0, 0.05) is 13.5 Å². The van der Waals surface area contributed by atoms with Gasteiger partial charge in [-0.1, -0.05) is 0 Å². The lowest BCUT2D eigenvalue weighted by Gasteiger charge is -2.34. The Morgan fingerprint density at radius 3 is 2.93 bits per heavy atom. The minimum Gasteiger partial charge on any atom is -0.480 e. The lowest BCUT2D eigenvalue weighted by atomic mass is 9.81. The minimum atomic E-state index is -1.10. The Labute approximate surface area is 89.5 Å². The summed E-state index contributed by atoms with van der Waals surface area (Å²) in [7, 11) is 1.61. The van der Waals surface area contributed by atoms with Gasteiger partial charge >= 0.3 is 5.97 Å². The first kappa shape index (κ1) is 12.4. The normalized spacial score (nSPS) is 31.5. The number of hydrogen-bond acceptors (Lipinski definition) is 4. The van der Waals surface area contributed by atoms with Crippen LogP contribution in [0.5, 0.6) is 0 Å². The molecule has 1 fully saturated rings. The summed E-state index contributed by atoms with van der Waals surface area (Å²) in [6.07, 6.45) is 2.57. The van der Waals surface area contributed by atoms with Crippen LogP contribution in [0.15, 0.2) is 0 Å². The van der Waals surface area contributed by atoms with E-state index in [0.717, 1.165) is 12.8 Å². The van der Waals surface area contributed by atoms with Gasteiger partial charge in [0.15, 0.2) is 0 Å². The molecule has 5 nitrogen and oxygen atoms in total. The average Bonchev–Trinajstić information content (AvgIpc) is 2.18. The van der Waals surface area contributed by atoms with E-state index in [1.54, 1.807) is 7.11 Å². The molecule has 3 N–H and O–H groups in total. The fourth-order valence-electron chi connectivity index (χ4n) is 1.89. The molecule has 0 bridgehead atoms. The zero-order valence-electron chi connectivity index (χ0n) is 9.07. The zero-order chi connectivity index (χ0) is 11.3. The highest BCUT2D eigenvalue weighted by Crippen LogP contribution is 2.28. The van der Waals surface area contributed by atoms with Crippen molar-refractivity contribution in [3.8, 4) is 0 Å². The molecule has 0 spiro atoms. The molecule has 1 aliphatic rings. The van der Waals surface area contributed by atoms with Crippen molar-refractivity contribution in [1.82, 2.24) is 0 Å². The Morgan fingerprint density at radius 1 is 1.60 bits per heavy atom. The summed E-state index contributed by atoms with van der Waals surface area (Å²) in [5.41, 5.74) is 4.68. The summed E-state index contributed by atoms with van der Waals surface area (Å²) in [6.45, 7) is 1.03. The molecular weight excluding hydrogens is 198 g/mol. The monoisotopic (exact) mass is 217 g/mol.